The van der Waals surface area contributed by atoms with Gasteiger partial charge in [0.2, 0.25) is 5.91 Å². The van der Waals surface area contributed by atoms with Gasteiger partial charge in [0.1, 0.15) is 11.6 Å². The lowest BCUT2D eigenvalue weighted by Gasteiger charge is -2.41. The van der Waals surface area contributed by atoms with Crippen molar-refractivity contribution in [2.24, 2.45) is 11.8 Å². The van der Waals surface area contributed by atoms with Gasteiger partial charge in [-0.1, -0.05) is 13.0 Å². The van der Waals surface area contributed by atoms with Crippen LogP contribution in [0, 0.1) is 17.7 Å². The number of benzene rings is 1. The largest absolute Gasteiger partial charge is 0.493 e. The lowest BCUT2D eigenvalue weighted by molar-refractivity contribution is -0.150. The summed E-state index contributed by atoms with van der Waals surface area (Å²) in [5.41, 5.74) is 0. The molecule has 1 unspecified atom stereocenters. The fraction of sp³-hybridized carbons (Fsp3) is 0.467. The van der Waals surface area contributed by atoms with E-state index < -0.39 is 11.9 Å². The van der Waals surface area contributed by atoms with Crippen LogP contribution in [0.5, 0.6) is 5.75 Å². The molecule has 1 N–H and O–H groups in total. The number of halogens is 1. The average molecular weight is 295 g/mol. The summed E-state index contributed by atoms with van der Waals surface area (Å²) in [6.45, 7) is 2.79. The van der Waals surface area contributed by atoms with E-state index in [0.29, 0.717) is 18.8 Å². The maximum absolute atomic E-state index is 12.9. The molecule has 21 heavy (non-hydrogen) atoms. The first kappa shape index (κ1) is 15.3. The fourth-order valence-corrected chi connectivity index (χ4v) is 2.21. The monoisotopic (exact) mass is 295 g/mol. The van der Waals surface area contributed by atoms with Crippen LogP contribution in [0.4, 0.5) is 4.39 Å². The number of carbonyl (C=O) groups excluding carboxylic acids is 1. The van der Waals surface area contributed by atoms with Gasteiger partial charge in [-0.3, -0.25) is 9.59 Å². The number of rotatable bonds is 6. The normalized spacial score (nSPS) is 16.2. The highest BCUT2D eigenvalue weighted by atomic mass is 19.1. The van der Waals surface area contributed by atoms with Crippen molar-refractivity contribution in [3.63, 3.8) is 0 Å². The van der Waals surface area contributed by atoms with E-state index in [4.69, 9.17) is 9.84 Å². The second-order valence-corrected chi connectivity index (χ2v) is 5.24. The third-order valence-corrected chi connectivity index (χ3v) is 3.74. The van der Waals surface area contributed by atoms with Gasteiger partial charge in [-0.2, -0.15) is 0 Å². The molecule has 1 aromatic carbocycles. The van der Waals surface area contributed by atoms with Crippen molar-refractivity contribution in [1.82, 2.24) is 4.90 Å². The molecular formula is C15H18FNO4. The molecule has 0 bridgehead atoms. The number of aliphatic carboxylic acids is 1. The Morgan fingerprint density at radius 1 is 1.48 bits per heavy atom. The van der Waals surface area contributed by atoms with E-state index in [2.05, 4.69) is 0 Å². The number of amides is 1. The van der Waals surface area contributed by atoms with Gasteiger partial charge in [0.25, 0.3) is 0 Å². The van der Waals surface area contributed by atoms with Crippen LogP contribution in [-0.4, -0.2) is 41.6 Å². The van der Waals surface area contributed by atoms with Crippen LogP contribution in [0.3, 0.4) is 0 Å². The smallest absolute Gasteiger partial charge is 0.306 e. The molecule has 2 rings (SSSR count). The minimum Gasteiger partial charge on any atom is -0.493 e. The van der Waals surface area contributed by atoms with Crippen molar-refractivity contribution in [2.45, 2.75) is 13.3 Å². The van der Waals surface area contributed by atoms with Gasteiger partial charge in [-0.15, -0.1) is 0 Å². The van der Waals surface area contributed by atoms with Crippen LogP contribution in [0.2, 0.25) is 0 Å². The van der Waals surface area contributed by atoms with E-state index in [1.807, 2.05) is 0 Å². The van der Waals surface area contributed by atoms with E-state index in [-0.39, 0.29) is 30.7 Å². The predicted octanol–water partition coefficient (Wildman–Crippen LogP) is 1.77. The van der Waals surface area contributed by atoms with Crippen molar-refractivity contribution in [3.8, 4) is 5.75 Å². The molecule has 1 heterocycles. The summed E-state index contributed by atoms with van der Waals surface area (Å²) in [5, 5.41) is 8.88. The molecule has 1 aliphatic rings. The topological polar surface area (TPSA) is 66.8 Å². The Labute approximate surface area is 122 Å². The minimum atomic E-state index is -0.832. The van der Waals surface area contributed by atoms with Crippen molar-refractivity contribution in [2.75, 3.05) is 19.7 Å². The van der Waals surface area contributed by atoms with Gasteiger partial charge in [-0.25, -0.2) is 4.39 Å². The number of likely N-dealkylation sites (tertiary alicyclic amines) is 1. The lowest BCUT2D eigenvalue weighted by atomic mass is 9.87. The first-order valence-corrected chi connectivity index (χ1v) is 6.86. The van der Waals surface area contributed by atoms with Crippen molar-refractivity contribution in [3.05, 3.63) is 30.1 Å². The van der Waals surface area contributed by atoms with Gasteiger partial charge in [0.15, 0.2) is 0 Å². The number of hydrogen-bond donors (Lipinski definition) is 1. The maximum atomic E-state index is 12.9. The summed E-state index contributed by atoms with van der Waals surface area (Å²) in [6.07, 6.45) is 0.199. The Hall–Kier alpha value is -2.11. The Bertz CT molecular complexity index is 528. The van der Waals surface area contributed by atoms with Gasteiger partial charge < -0.3 is 14.7 Å². The molecule has 1 aliphatic heterocycles. The van der Waals surface area contributed by atoms with Gasteiger partial charge in [0.05, 0.1) is 18.9 Å². The standard InChI is InChI=1S/C15H18FNO4/c1-10(15(19)20)11-8-17(9-11)14(18)5-6-21-13-4-2-3-12(16)7-13/h2-4,7,10-11H,5-6,8-9H2,1H3,(H,19,20). The van der Waals surface area contributed by atoms with Crippen LogP contribution in [0.15, 0.2) is 24.3 Å². The lowest BCUT2D eigenvalue weighted by Crippen LogP contribution is -2.53. The fourth-order valence-electron chi connectivity index (χ4n) is 2.21. The number of nitrogens with zero attached hydrogens (tertiary/aromatic N) is 1. The summed E-state index contributed by atoms with van der Waals surface area (Å²) >= 11 is 0. The zero-order valence-corrected chi connectivity index (χ0v) is 11.8. The first-order chi connectivity index (χ1) is 9.97. The number of carbonyl (C=O) groups is 2. The van der Waals surface area contributed by atoms with Crippen molar-refractivity contribution in [1.29, 1.82) is 0 Å². The van der Waals surface area contributed by atoms with Crippen LogP contribution < -0.4 is 4.74 Å². The van der Waals surface area contributed by atoms with E-state index in [1.54, 1.807) is 24.0 Å². The number of carboxylic acids is 1. The molecule has 0 saturated carbocycles. The highest BCUT2D eigenvalue weighted by Crippen LogP contribution is 2.24. The Balaban J connectivity index is 1.69. The molecule has 0 spiro atoms. The van der Waals surface area contributed by atoms with Crippen LogP contribution in [0.25, 0.3) is 0 Å². The molecule has 1 saturated heterocycles. The Morgan fingerprint density at radius 2 is 2.19 bits per heavy atom. The second kappa shape index (κ2) is 6.56. The van der Waals surface area contributed by atoms with Gasteiger partial charge >= 0.3 is 5.97 Å². The second-order valence-electron chi connectivity index (χ2n) is 5.24. The molecular weight excluding hydrogens is 277 g/mol. The van der Waals surface area contributed by atoms with Gasteiger partial charge in [0, 0.05) is 25.1 Å². The molecule has 1 aromatic rings. The molecule has 1 atom stereocenters. The van der Waals surface area contributed by atoms with Crippen molar-refractivity contribution < 1.29 is 23.8 Å². The number of ether oxygens (including phenoxy) is 1. The molecule has 0 radical (unpaired) electrons. The minimum absolute atomic E-state index is 0.0237. The quantitative estimate of drug-likeness (QED) is 0.868. The SMILES string of the molecule is CC(C(=O)O)C1CN(C(=O)CCOc2cccc(F)c2)C1. The van der Waals surface area contributed by atoms with Crippen LogP contribution >= 0.6 is 0 Å². The Morgan fingerprint density at radius 3 is 2.81 bits per heavy atom. The molecule has 0 aromatic heterocycles. The van der Waals surface area contributed by atoms with Gasteiger partial charge in [-0.05, 0) is 12.1 Å². The average Bonchev–Trinajstić information content (AvgIpc) is 2.36. The third-order valence-electron chi connectivity index (χ3n) is 3.74. The maximum Gasteiger partial charge on any atom is 0.306 e. The molecule has 1 amide bonds. The summed E-state index contributed by atoms with van der Waals surface area (Å²) in [4.78, 5) is 24.3. The predicted molar refractivity (Wildman–Crippen MR) is 73.4 cm³/mol. The summed E-state index contributed by atoms with van der Waals surface area (Å²) in [7, 11) is 0. The zero-order chi connectivity index (χ0) is 15.4. The molecule has 0 aliphatic carbocycles. The van der Waals surface area contributed by atoms with E-state index in [9.17, 15) is 14.0 Å². The zero-order valence-electron chi connectivity index (χ0n) is 11.8. The van der Waals surface area contributed by atoms with E-state index >= 15 is 0 Å². The van der Waals surface area contributed by atoms with Crippen LogP contribution in [-0.2, 0) is 9.59 Å². The van der Waals surface area contributed by atoms with E-state index in [0.717, 1.165) is 0 Å². The summed E-state index contributed by atoms with van der Waals surface area (Å²) < 4.78 is 18.2. The number of hydrogen-bond acceptors (Lipinski definition) is 3. The highest BCUT2D eigenvalue weighted by Gasteiger charge is 2.36. The van der Waals surface area contributed by atoms with Crippen LogP contribution in [0.1, 0.15) is 13.3 Å². The molecule has 5 nitrogen and oxygen atoms in total. The Kier molecular flexibility index (Phi) is 4.77. The number of carboxylic acid groups (broad SMARTS) is 1. The van der Waals surface area contributed by atoms with E-state index in [1.165, 1.54) is 12.1 Å². The molecule has 1 fully saturated rings. The van der Waals surface area contributed by atoms with Crippen molar-refractivity contribution >= 4 is 11.9 Å². The third kappa shape index (κ3) is 3.93. The molecule has 6 heteroatoms. The summed E-state index contributed by atoms with van der Waals surface area (Å²) in [6, 6.07) is 5.75. The molecule has 114 valence electrons. The first-order valence-electron chi connectivity index (χ1n) is 6.86. The summed E-state index contributed by atoms with van der Waals surface area (Å²) in [5.74, 6) is -1.30. The highest BCUT2D eigenvalue weighted by molar-refractivity contribution is 5.78.